The number of ether oxygens (including phenoxy) is 3. The van der Waals surface area contributed by atoms with Gasteiger partial charge in [0.15, 0.2) is 0 Å². The summed E-state index contributed by atoms with van der Waals surface area (Å²) in [6, 6.07) is 11.1. The molecule has 29 heavy (non-hydrogen) atoms. The first-order valence-electron chi connectivity index (χ1n) is 9.07. The van der Waals surface area contributed by atoms with Gasteiger partial charge in [0.25, 0.3) is 5.91 Å². The van der Waals surface area contributed by atoms with Crippen molar-refractivity contribution in [2.45, 2.75) is 13.5 Å². The smallest absolute Gasteiger partial charge is 0.330 e. The summed E-state index contributed by atoms with van der Waals surface area (Å²) in [5.74, 6) is 0.765. The summed E-state index contributed by atoms with van der Waals surface area (Å²) in [6.07, 6.45) is 2.81. The summed E-state index contributed by atoms with van der Waals surface area (Å²) in [5, 5.41) is 6.11. The maximum absolute atomic E-state index is 12.5. The van der Waals surface area contributed by atoms with Crippen molar-refractivity contribution < 1.29 is 23.8 Å². The summed E-state index contributed by atoms with van der Waals surface area (Å²) in [7, 11) is 4.52. The van der Waals surface area contributed by atoms with Gasteiger partial charge in [0.2, 0.25) is 0 Å². The van der Waals surface area contributed by atoms with Crippen molar-refractivity contribution in [3.05, 3.63) is 65.2 Å². The number of hydrogen-bond donors (Lipinski definition) is 2. The maximum atomic E-state index is 12.5. The zero-order valence-electron chi connectivity index (χ0n) is 17.1. The van der Waals surface area contributed by atoms with E-state index in [2.05, 4.69) is 15.4 Å². The molecule has 2 aromatic rings. The Morgan fingerprint density at radius 3 is 2.55 bits per heavy atom. The van der Waals surface area contributed by atoms with Crippen LogP contribution in [0.4, 0.5) is 5.69 Å². The zero-order valence-corrected chi connectivity index (χ0v) is 17.1. The van der Waals surface area contributed by atoms with Crippen LogP contribution in [0.15, 0.2) is 48.6 Å². The molecule has 2 rings (SSSR count). The molecule has 0 aliphatic heterocycles. The summed E-state index contributed by atoms with van der Waals surface area (Å²) in [5.41, 5.74) is 3.20. The molecule has 0 aromatic heterocycles. The van der Waals surface area contributed by atoms with Crippen molar-refractivity contribution in [3.8, 4) is 11.5 Å². The summed E-state index contributed by atoms with van der Waals surface area (Å²) in [4.78, 5) is 23.5. The van der Waals surface area contributed by atoms with Crippen molar-refractivity contribution in [1.82, 2.24) is 5.32 Å². The molecule has 7 heteroatoms. The minimum Gasteiger partial charge on any atom is -0.497 e. The minimum atomic E-state index is -0.462. The fourth-order valence-electron chi connectivity index (χ4n) is 2.73. The van der Waals surface area contributed by atoms with Gasteiger partial charge < -0.3 is 24.8 Å². The van der Waals surface area contributed by atoms with E-state index in [0.29, 0.717) is 12.1 Å². The van der Waals surface area contributed by atoms with Crippen molar-refractivity contribution in [2.24, 2.45) is 0 Å². The van der Waals surface area contributed by atoms with Crippen LogP contribution < -0.4 is 20.1 Å². The van der Waals surface area contributed by atoms with Crippen molar-refractivity contribution in [1.29, 1.82) is 0 Å². The number of hydrogen-bond acceptors (Lipinski definition) is 6. The van der Waals surface area contributed by atoms with Gasteiger partial charge in [-0.1, -0.05) is 12.1 Å². The molecule has 2 N–H and O–H groups in total. The van der Waals surface area contributed by atoms with E-state index in [1.54, 1.807) is 20.3 Å². The highest BCUT2D eigenvalue weighted by Crippen LogP contribution is 2.26. The van der Waals surface area contributed by atoms with Crippen molar-refractivity contribution in [3.63, 3.8) is 0 Å². The lowest BCUT2D eigenvalue weighted by molar-refractivity contribution is -0.134. The van der Waals surface area contributed by atoms with Gasteiger partial charge in [0, 0.05) is 42.0 Å². The molecule has 0 fully saturated rings. The molecule has 0 aliphatic carbocycles. The number of benzene rings is 2. The lowest BCUT2D eigenvalue weighted by Gasteiger charge is -2.15. The average Bonchev–Trinajstić information content (AvgIpc) is 2.75. The van der Waals surface area contributed by atoms with Crippen molar-refractivity contribution >= 4 is 17.6 Å². The van der Waals surface area contributed by atoms with Gasteiger partial charge in [-0.05, 0) is 36.8 Å². The highest BCUT2D eigenvalue weighted by Gasteiger charge is 2.12. The second-order valence-electron chi connectivity index (χ2n) is 6.15. The molecule has 0 atom stereocenters. The zero-order chi connectivity index (χ0) is 21.2. The molecule has 0 radical (unpaired) electrons. The predicted octanol–water partition coefficient (Wildman–Crippen LogP) is 3.08. The number of amides is 1. The minimum absolute atomic E-state index is 0.220. The number of anilines is 1. The Hall–Kier alpha value is -3.48. The maximum Gasteiger partial charge on any atom is 0.330 e. The van der Waals surface area contributed by atoms with Crippen LogP contribution in [0.25, 0.3) is 0 Å². The van der Waals surface area contributed by atoms with Gasteiger partial charge in [0.05, 0.1) is 21.3 Å². The van der Waals surface area contributed by atoms with Crippen LogP contribution in [0.5, 0.6) is 11.5 Å². The molecule has 0 saturated heterocycles. The summed E-state index contributed by atoms with van der Waals surface area (Å²) < 4.78 is 15.2. The van der Waals surface area contributed by atoms with Crippen LogP contribution in [0.2, 0.25) is 0 Å². The molecular formula is C22H26N2O5. The predicted molar refractivity (Wildman–Crippen MR) is 112 cm³/mol. The van der Waals surface area contributed by atoms with E-state index < -0.39 is 5.97 Å². The van der Waals surface area contributed by atoms with E-state index in [1.807, 2.05) is 37.3 Å². The van der Waals surface area contributed by atoms with E-state index in [9.17, 15) is 9.59 Å². The molecule has 1 amide bonds. The van der Waals surface area contributed by atoms with Crippen LogP contribution in [0.3, 0.4) is 0 Å². The van der Waals surface area contributed by atoms with E-state index in [1.165, 1.54) is 19.3 Å². The fourth-order valence-corrected chi connectivity index (χ4v) is 2.73. The Kier molecular flexibility index (Phi) is 8.09. The van der Waals surface area contributed by atoms with Crippen molar-refractivity contribution in [2.75, 3.05) is 33.2 Å². The average molecular weight is 398 g/mol. The lowest BCUT2D eigenvalue weighted by atomic mass is 10.1. The standard InChI is InChI=1S/C22H26N2O5/c1-15-18(22(26)23-12-6-9-21(25)29-4)7-5-8-19(15)24-14-16-10-11-17(27-2)13-20(16)28-3/h5-11,13,24H,12,14H2,1-4H3,(H,23,26)/b9-6+. The number of methoxy groups -OCH3 is 3. The van der Waals surface area contributed by atoms with Crippen LogP contribution in [0.1, 0.15) is 21.5 Å². The molecule has 0 heterocycles. The molecule has 154 valence electrons. The first-order chi connectivity index (χ1) is 14.0. The molecule has 0 spiro atoms. The van der Waals surface area contributed by atoms with Crippen LogP contribution in [0, 0.1) is 6.92 Å². The molecule has 0 saturated carbocycles. The van der Waals surface area contributed by atoms with E-state index >= 15 is 0 Å². The third-order valence-electron chi connectivity index (χ3n) is 4.38. The number of carbonyl (C=O) groups is 2. The van der Waals surface area contributed by atoms with Gasteiger partial charge in [0.1, 0.15) is 11.5 Å². The van der Waals surface area contributed by atoms with Crippen LogP contribution in [-0.2, 0) is 16.1 Å². The lowest BCUT2D eigenvalue weighted by Crippen LogP contribution is -2.24. The fraction of sp³-hybridized carbons (Fsp3) is 0.273. The van der Waals surface area contributed by atoms with Gasteiger partial charge in [-0.3, -0.25) is 4.79 Å². The van der Waals surface area contributed by atoms with Crippen LogP contribution >= 0.6 is 0 Å². The normalized spacial score (nSPS) is 10.5. The Morgan fingerprint density at radius 2 is 1.86 bits per heavy atom. The SMILES string of the molecule is COC(=O)/C=C/CNC(=O)c1cccc(NCc2ccc(OC)cc2OC)c1C. The number of carbonyl (C=O) groups excluding carboxylic acids is 2. The quantitative estimate of drug-likeness (QED) is 0.499. The van der Waals surface area contributed by atoms with Gasteiger partial charge in [-0.2, -0.15) is 0 Å². The summed E-state index contributed by atoms with van der Waals surface area (Å²) >= 11 is 0. The van der Waals surface area contributed by atoms with E-state index in [0.717, 1.165) is 28.3 Å². The summed E-state index contributed by atoms with van der Waals surface area (Å²) in [6.45, 7) is 2.64. The largest absolute Gasteiger partial charge is 0.497 e. The van der Waals surface area contributed by atoms with Gasteiger partial charge in [-0.25, -0.2) is 4.79 Å². The monoisotopic (exact) mass is 398 g/mol. The molecule has 2 aromatic carbocycles. The Balaban J connectivity index is 2.06. The second-order valence-corrected chi connectivity index (χ2v) is 6.15. The third-order valence-corrected chi connectivity index (χ3v) is 4.38. The molecule has 7 nitrogen and oxygen atoms in total. The Morgan fingerprint density at radius 1 is 1.07 bits per heavy atom. The molecule has 0 bridgehead atoms. The number of rotatable bonds is 9. The van der Waals surface area contributed by atoms with Crippen LogP contribution in [-0.4, -0.2) is 39.8 Å². The van der Waals surface area contributed by atoms with E-state index in [-0.39, 0.29) is 12.5 Å². The van der Waals surface area contributed by atoms with E-state index in [4.69, 9.17) is 9.47 Å². The number of nitrogens with one attached hydrogen (secondary N) is 2. The first-order valence-corrected chi connectivity index (χ1v) is 9.07. The Bertz CT molecular complexity index is 893. The first kappa shape index (κ1) is 21.8. The molecular weight excluding hydrogens is 372 g/mol. The topological polar surface area (TPSA) is 85.9 Å². The highest BCUT2D eigenvalue weighted by atomic mass is 16.5. The Labute approximate surface area is 170 Å². The highest BCUT2D eigenvalue weighted by molar-refractivity contribution is 5.97. The third kappa shape index (κ3) is 6.00. The molecule has 0 aliphatic rings. The van der Waals surface area contributed by atoms with Gasteiger partial charge >= 0.3 is 5.97 Å². The molecule has 0 unspecified atom stereocenters. The van der Waals surface area contributed by atoms with Gasteiger partial charge in [-0.15, -0.1) is 0 Å². The second kappa shape index (κ2) is 10.8. The number of esters is 1.